The molecule has 100 valence electrons. The third-order valence-electron chi connectivity index (χ3n) is 2.16. The Kier molecular flexibility index (Phi) is 5.40. The van der Waals surface area contributed by atoms with E-state index in [4.69, 9.17) is 11.6 Å². The van der Waals surface area contributed by atoms with Gasteiger partial charge in [-0.25, -0.2) is 18.7 Å². The second kappa shape index (κ2) is 6.58. The number of hydrogen-bond donors (Lipinski definition) is 1. The second-order valence-electron chi connectivity index (χ2n) is 4.05. The fourth-order valence-electron chi connectivity index (χ4n) is 1.30. The van der Waals surface area contributed by atoms with Gasteiger partial charge in [0.15, 0.2) is 5.82 Å². The molecule has 0 aliphatic rings. The lowest BCUT2D eigenvalue weighted by Gasteiger charge is -2.09. The molecule has 1 aromatic rings. The van der Waals surface area contributed by atoms with Crippen LogP contribution in [-0.4, -0.2) is 21.8 Å². The van der Waals surface area contributed by atoms with E-state index < -0.39 is 5.92 Å². The normalized spacial score (nSPS) is 11.3. The van der Waals surface area contributed by atoms with Gasteiger partial charge in [-0.1, -0.05) is 11.6 Å². The van der Waals surface area contributed by atoms with Crippen LogP contribution in [0.15, 0.2) is 12.4 Å². The van der Waals surface area contributed by atoms with Gasteiger partial charge in [0.2, 0.25) is 11.8 Å². The third-order valence-corrected chi connectivity index (χ3v) is 2.35. The Morgan fingerprint density at radius 2 is 2.11 bits per heavy atom. The zero-order valence-electron chi connectivity index (χ0n) is 9.92. The van der Waals surface area contributed by atoms with Crippen LogP contribution in [0.3, 0.4) is 0 Å². The largest absolute Gasteiger partial charge is 0.309 e. The minimum absolute atomic E-state index is 0.181. The molecule has 0 aliphatic carbocycles. The third kappa shape index (κ3) is 6.44. The quantitative estimate of drug-likeness (QED) is 0.812. The number of carbonyl (C=O) groups is 1. The van der Waals surface area contributed by atoms with E-state index in [2.05, 4.69) is 15.3 Å². The molecule has 1 amide bonds. The zero-order chi connectivity index (χ0) is 13.6. The van der Waals surface area contributed by atoms with Crippen molar-refractivity contribution in [2.24, 2.45) is 0 Å². The second-order valence-corrected chi connectivity index (χ2v) is 4.44. The van der Waals surface area contributed by atoms with E-state index in [-0.39, 0.29) is 23.9 Å². The lowest BCUT2D eigenvalue weighted by molar-refractivity contribution is -0.116. The summed E-state index contributed by atoms with van der Waals surface area (Å²) in [6, 6.07) is 0. The molecular formula is C11H14ClF2N3O. The first-order valence-corrected chi connectivity index (χ1v) is 5.90. The van der Waals surface area contributed by atoms with E-state index in [1.807, 2.05) is 0 Å². The lowest BCUT2D eigenvalue weighted by atomic mass is 10.1. The summed E-state index contributed by atoms with van der Waals surface area (Å²) in [6.07, 6.45) is 3.34. The molecule has 1 heterocycles. The molecule has 18 heavy (non-hydrogen) atoms. The molecule has 0 saturated heterocycles. The van der Waals surface area contributed by atoms with E-state index >= 15 is 0 Å². The monoisotopic (exact) mass is 277 g/mol. The van der Waals surface area contributed by atoms with Gasteiger partial charge in [-0.05, 0) is 19.8 Å². The molecule has 0 radical (unpaired) electrons. The molecule has 1 aromatic heterocycles. The number of anilines is 1. The average molecular weight is 278 g/mol. The molecule has 1 rings (SSSR count). The Morgan fingerprint density at radius 3 is 2.67 bits per heavy atom. The van der Waals surface area contributed by atoms with E-state index in [9.17, 15) is 13.6 Å². The first-order chi connectivity index (χ1) is 8.37. The van der Waals surface area contributed by atoms with E-state index in [0.717, 1.165) is 6.92 Å². The lowest BCUT2D eigenvalue weighted by Crippen LogP contribution is -2.13. The molecule has 0 bridgehead atoms. The van der Waals surface area contributed by atoms with E-state index in [1.165, 1.54) is 12.4 Å². The number of alkyl halides is 2. The number of unbranched alkanes of at least 4 members (excludes halogenated alkanes) is 1. The minimum Gasteiger partial charge on any atom is -0.309 e. The Hall–Kier alpha value is -1.30. The van der Waals surface area contributed by atoms with Crippen LogP contribution < -0.4 is 5.32 Å². The van der Waals surface area contributed by atoms with Crippen LogP contribution in [-0.2, 0) is 4.79 Å². The summed E-state index contributed by atoms with van der Waals surface area (Å²) in [4.78, 5) is 19.0. The molecule has 0 atom stereocenters. The van der Waals surface area contributed by atoms with Crippen LogP contribution in [0.25, 0.3) is 0 Å². The standard InChI is InChI=1S/C11H14ClF2N3O/c1-11(13,14)5-3-2-4-10(18)17-9-7-15-8(12)6-16-9/h6-7H,2-5H2,1H3,(H,16,17,18). The number of nitrogens with zero attached hydrogens (tertiary/aromatic N) is 2. The predicted molar refractivity (Wildman–Crippen MR) is 64.8 cm³/mol. The average Bonchev–Trinajstić information content (AvgIpc) is 2.26. The van der Waals surface area contributed by atoms with Gasteiger partial charge < -0.3 is 5.32 Å². The van der Waals surface area contributed by atoms with Gasteiger partial charge in [0.25, 0.3) is 0 Å². The molecular weight excluding hydrogens is 264 g/mol. The van der Waals surface area contributed by atoms with Crippen molar-refractivity contribution in [1.82, 2.24) is 9.97 Å². The molecule has 1 N–H and O–H groups in total. The smallest absolute Gasteiger partial charge is 0.245 e. The topological polar surface area (TPSA) is 54.9 Å². The van der Waals surface area contributed by atoms with Gasteiger partial charge in [-0.3, -0.25) is 4.79 Å². The van der Waals surface area contributed by atoms with Crippen LogP contribution in [0.1, 0.15) is 32.6 Å². The highest BCUT2D eigenvalue weighted by atomic mass is 35.5. The van der Waals surface area contributed by atoms with Crippen LogP contribution in [0.4, 0.5) is 14.6 Å². The van der Waals surface area contributed by atoms with Gasteiger partial charge in [-0.2, -0.15) is 0 Å². The summed E-state index contributed by atoms with van der Waals surface area (Å²) >= 11 is 5.54. The molecule has 4 nitrogen and oxygen atoms in total. The summed E-state index contributed by atoms with van der Waals surface area (Å²) in [6.45, 7) is 0.871. The first kappa shape index (κ1) is 14.8. The maximum Gasteiger partial charge on any atom is 0.245 e. The minimum atomic E-state index is -2.67. The summed E-state index contributed by atoms with van der Waals surface area (Å²) in [5.41, 5.74) is 0. The maximum atomic E-state index is 12.5. The van der Waals surface area contributed by atoms with Crippen LogP contribution >= 0.6 is 11.6 Å². The van der Waals surface area contributed by atoms with Crippen LogP contribution in [0.5, 0.6) is 0 Å². The SMILES string of the molecule is CC(F)(F)CCCCC(=O)Nc1cnc(Cl)cn1. The van der Waals surface area contributed by atoms with Gasteiger partial charge in [-0.15, -0.1) is 0 Å². The molecule has 0 aromatic carbocycles. The Balaban J connectivity index is 2.24. The summed E-state index contributed by atoms with van der Waals surface area (Å²) in [5.74, 6) is -2.64. The Bertz CT molecular complexity index is 392. The molecule has 0 spiro atoms. The maximum absolute atomic E-state index is 12.5. The highest BCUT2D eigenvalue weighted by Gasteiger charge is 2.19. The number of rotatable bonds is 6. The Labute approximate surface area is 109 Å². The fraction of sp³-hybridized carbons (Fsp3) is 0.545. The van der Waals surface area contributed by atoms with Crippen molar-refractivity contribution in [1.29, 1.82) is 0 Å². The van der Waals surface area contributed by atoms with Crippen molar-refractivity contribution in [3.63, 3.8) is 0 Å². The molecule has 0 saturated carbocycles. The van der Waals surface area contributed by atoms with Crippen LogP contribution in [0.2, 0.25) is 5.15 Å². The van der Waals surface area contributed by atoms with Crippen molar-refractivity contribution in [2.75, 3.05) is 5.32 Å². The van der Waals surface area contributed by atoms with Gasteiger partial charge in [0, 0.05) is 12.8 Å². The molecule has 0 aliphatic heterocycles. The first-order valence-electron chi connectivity index (χ1n) is 5.52. The summed E-state index contributed by atoms with van der Waals surface area (Å²) in [5, 5.41) is 2.74. The highest BCUT2D eigenvalue weighted by Crippen LogP contribution is 2.20. The van der Waals surface area contributed by atoms with Crippen molar-refractivity contribution in [3.05, 3.63) is 17.5 Å². The van der Waals surface area contributed by atoms with E-state index in [0.29, 0.717) is 18.7 Å². The number of halogens is 3. The number of nitrogens with one attached hydrogen (secondary N) is 1. The van der Waals surface area contributed by atoms with E-state index in [1.54, 1.807) is 0 Å². The molecule has 7 heteroatoms. The van der Waals surface area contributed by atoms with Gasteiger partial charge >= 0.3 is 0 Å². The van der Waals surface area contributed by atoms with Crippen molar-refractivity contribution in [3.8, 4) is 0 Å². The molecule has 0 fully saturated rings. The fourth-order valence-corrected chi connectivity index (χ4v) is 1.40. The van der Waals surface area contributed by atoms with Crippen molar-refractivity contribution < 1.29 is 13.6 Å². The van der Waals surface area contributed by atoms with Crippen LogP contribution in [0, 0.1) is 0 Å². The number of carbonyl (C=O) groups excluding carboxylic acids is 1. The predicted octanol–water partition coefficient (Wildman–Crippen LogP) is 3.28. The van der Waals surface area contributed by atoms with Crippen molar-refractivity contribution >= 4 is 23.3 Å². The number of hydrogen-bond acceptors (Lipinski definition) is 3. The number of aromatic nitrogens is 2. The summed E-state index contributed by atoms with van der Waals surface area (Å²) < 4.78 is 25.0. The zero-order valence-corrected chi connectivity index (χ0v) is 10.7. The van der Waals surface area contributed by atoms with Gasteiger partial charge in [0.05, 0.1) is 12.4 Å². The Morgan fingerprint density at radius 1 is 1.39 bits per heavy atom. The highest BCUT2D eigenvalue weighted by molar-refractivity contribution is 6.29. The number of amides is 1. The summed E-state index contributed by atoms with van der Waals surface area (Å²) in [7, 11) is 0. The molecule has 0 unspecified atom stereocenters. The van der Waals surface area contributed by atoms with Gasteiger partial charge in [0.1, 0.15) is 5.15 Å². The van der Waals surface area contributed by atoms with Crippen molar-refractivity contribution in [2.45, 2.75) is 38.5 Å².